The fraction of sp³-hybridized carbons (Fsp3) is 0.545. The predicted molar refractivity (Wildman–Crippen MR) is 64.7 cm³/mol. The average Bonchev–Trinajstić information content (AvgIpc) is 3.04. The third-order valence-electron chi connectivity index (χ3n) is 2.82. The summed E-state index contributed by atoms with van der Waals surface area (Å²) in [6, 6.07) is -1.06. The molecule has 0 N–H and O–H groups in total. The van der Waals surface area contributed by atoms with E-state index in [-0.39, 0.29) is 12.3 Å². The van der Waals surface area contributed by atoms with Crippen LogP contribution in [-0.4, -0.2) is 42.2 Å². The summed E-state index contributed by atoms with van der Waals surface area (Å²) in [5.41, 5.74) is -2.21. The van der Waals surface area contributed by atoms with E-state index in [9.17, 15) is 26.7 Å². The van der Waals surface area contributed by atoms with Crippen LogP contribution in [0.3, 0.4) is 0 Å². The van der Waals surface area contributed by atoms with Gasteiger partial charge >= 0.3 is 18.1 Å². The lowest BCUT2D eigenvalue weighted by atomic mass is 10.0. The molecule has 0 fully saturated rings. The summed E-state index contributed by atoms with van der Waals surface area (Å²) < 4.78 is 66.0. The molecule has 2 heterocycles. The number of carbonyl (C=O) groups excluding carboxylic acids is 1. The Morgan fingerprint density at radius 2 is 1.87 bits per heavy atom. The third-order valence-corrected chi connectivity index (χ3v) is 2.82. The Morgan fingerprint density at radius 1 is 1.22 bits per heavy atom. The van der Waals surface area contributed by atoms with E-state index in [1.807, 2.05) is 0 Å². The molecule has 0 bridgehead atoms. The van der Waals surface area contributed by atoms with Gasteiger partial charge in [0.05, 0.1) is 18.1 Å². The van der Waals surface area contributed by atoms with Crippen molar-refractivity contribution in [2.45, 2.75) is 32.4 Å². The number of halogens is 5. The van der Waals surface area contributed by atoms with Crippen LogP contribution in [0.5, 0.6) is 0 Å². The van der Waals surface area contributed by atoms with Crippen LogP contribution in [0.1, 0.15) is 25.2 Å². The van der Waals surface area contributed by atoms with Crippen molar-refractivity contribution in [2.75, 3.05) is 0 Å². The Labute approximate surface area is 126 Å². The van der Waals surface area contributed by atoms with Gasteiger partial charge in [-0.15, -0.1) is 10.2 Å². The molecule has 126 valence electrons. The molecule has 0 atom stereocenters. The molecule has 2 aromatic heterocycles. The van der Waals surface area contributed by atoms with Gasteiger partial charge < -0.3 is 0 Å². The topological polar surface area (TPSA) is 78.5 Å². The number of carbonyl (C=O) groups is 1. The van der Waals surface area contributed by atoms with Crippen LogP contribution >= 0.6 is 0 Å². The largest absolute Gasteiger partial charge is 0.459 e. The summed E-state index contributed by atoms with van der Waals surface area (Å²) in [6.07, 6.45) is -3.86. The molecule has 23 heavy (non-hydrogen) atoms. The molecule has 7 nitrogen and oxygen atoms in total. The lowest BCUT2D eigenvalue weighted by Gasteiger charge is -2.19. The molecule has 0 amide bonds. The smallest absolute Gasteiger partial charge is 0.243 e. The quantitative estimate of drug-likeness (QED) is 0.802. The van der Waals surface area contributed by atoms with Crippen molar-refractivity contribution in [2.24, 2.45) is 5.92 Å². The van der Waals surface area contributed by atoms with Gasteiger partial charge in [-0.2, -0.15) is 31.3 Å². The fourth-order valence-corrected chi connectivity index (χ4v) is 1.81. The number of hydrogen-bond donors (Lipinski definition) is 0. The van der Waals surface area contributed by atoms with Gasteiger partial charge in [-0.3, -0.25) is 0 Å². The Hall–Kier alpha value is -2.40. The molecule has 2 rings (SSSR count). The zero-order chi connectivity index (χ0) is 17.4. The first-order chi connectivity index (χ1) is 10.6. The Morgan fingerprint density at radius 3 is 2.35 bits per heavy atom. The van der Waals surface area contributed by atoms with Crippen LogP contribution in [0.15, 0.2) is 12.4 Å². The molecule has 0 aliphatic heterocycles. The lowest BCUT2D eigenvalue weighted by molar-refractivity contribution is -0.291. The fourth-order valence-electron chi connectivity index (χ4n) is 1.81. The first kappa shape index (κ1) is 17.0. The summed E-state index contributed by atoms with van der Waals surface area (Å²) >= 11 is 0. The van der Waals surface area contributed by atoms with Crippen LogP contribution in [0.2, 0.25) is 0 Å². The second kappa shape index (κ2) is 5.66. The van der Waals surface area contributed by atoms with E-state index in [1.54, 1.807) is 13.8 Å². The second-order valence-corrected chi connectivity index (χ2v) is 5.10. The Kier molecular flexibility index (Phi) is 4.18. The van der Waals surface area contributed by atoms with Crippen LogP contribution in [-0.2, 0) is 12.3 Å². The Bertz CT molecular complexity index is 690. The van der Waals surface area contributed by atoms with Gasteiger partial charge in [-0.05, 0) is 12.3 Å². The van der Waals surface area contributed by atoms with Crippen LogP contribution in [0, 0.1) is 5.92 Å². The van der Waals surface area contributed by atoms with Crippen molar-refractivity contribution in [3.8, 4) is 0 Å². The van der Waals surface area contributed by atoms with Crippen molar-refractivity contribution in [1.29, 1.82) is 0 Å². The van der Waals surface area contributed by atoms with Crippen molar-refractivity contribution in [1.82, 2.24) is 30.0 Å². The highest BCUT2D eigenvalue weighted by atomic mass is 19.4. The Balaban J connectivity index is 2.56. The van der Waals surface area contributed by atoms with Crippen molar-refractivity contribution in [3.05, 3.63) is 23.8 Å². The van der Waals surface area contributed by atoms with E-state index in [2.05, 4.69) is 20.6 Å². The minimum atomic E-state index is -5.85. The summed E-state index contributed by atoms with van der Waals surface area (Å²) in [7, 11) is 0. The monoisotopic (exact) mass is 338 g/mol. The zero-order valence-corrected chi connectivity index (χ0v) is 11.9. The van der Waals surface area contributed by atoms with E-state index in [4.69, 9.17) is 0 Å². The number of nitrogens with zero attached hydrogens (tertiary/aromatic N) is 6. The molecule has 0 radical (unpaired) electrons. The average molecular weight is 338 g/mol. The van der Waals surface area contributed by atoms with E-state index < -0.39 is 29.5 Å². The van der Waals surface area contributed by atoms with E-state index in [0.29, 0.717) is 9.36 Å². The van der Waals surface area contributed by atoms with Crippen molar-refractivity contribution < 1.29 is 26.7 Å². The predicted octanol–water partition coefficient (Wildman–Crippen LogP) is 2.24. The molecule has 0 spiro atoms. The normalized spacial score (nSPS) is 12.9. The van der Waals surface area contributed by atoms with Gasteiger partial charge in [-0.25, -0.2) is 4.79 Å². The summed E-state index contributed by atoms with van der Waals surface area (Å²) in [6.45, 7) is 3.18. The number of alkyl halides is 5. The van der Waals surface area contributed by atoms with Crippen LogP contribution in [0.25, 0.3) is 0 Å². The first-order valence-corrected chi connectivity index (χ1v) is 6.36. The maximum absolute atomic E-state index is 13.6. The van der Waals surface area contributed by atoms with Gasteiger partial charge in [0, 0.05) is 0 Å². The maximum atomic E-state index is 13.6. The minimum Gasteiger partial charge on any atom is -0.243 e. The van der Waals surface area contributed by atoms with Gasteiger partial charge in [0.15, 0.2) is 5.69 Å². The first-order valence-electron chi connectivity index (χ1n) is 6.36. The van der Waals surface area contributed by atoms with Crippen LogP contribution in [0.4, 0.5) is 26.7 Å². The number of hydrogen-bond acceptors (Lipinski definition) is 5. The summed E-state index contributed by atoms with van der Waals surface area (Å²) in [5, 5.41) is 12.8. The molecular formula is C11H11F5N6O. The second-order valence-electron chi connectivity index (χ2n) is 5.10. The molecule has 0 unspecified atom stereocenters. The summed E-state index contributed by atoms with van der Waals surface area (Å²) in [5.74, 6) is -5.54. The standard InChI is InChI=1S/C11H11F5N6O/c1-6(2)5-7-8(10(12,13)11(14,15)16)18-20-22(7)9(23)21-4-3-17-19-21/h3-4,6H,5H2,1-2H3. The highest BCUT2D eigenvalue weighted by molar-refractivity contribution is 5.78. The highest BCUT2D eigenvalue weighted by Gasteiger charge is 2.62. The molecule has 0 aliphatic rings. The molecule has 0 aromatic carbocycles. The van der Waals surface area contributed by atoms with Gasteiger partial charge in [0.25, 0.3) is 0 Å². The molecule has 0 aliphatic carbocycles. The highest BCUT2D eigenvalue weighted by Crippen LogP contribution is 2.44. The molecule has 0 saturated heterocycles. The third kappa shape index (κ3) is 3.05. The van der Waals surface area contributed by atoms with Crippen LogP contribution < -0.4 is 0 Å². The van der Waals surface area contributed by atoms with Crippen molar-refractivity contribution >= 4 is 6.03 Å². The molecule has 12 heteroatoms. The summed E-state index contributed by atoms with van der Waals surface area (Å²) in [4.78, 5) is 12.1. The van der Waals surface area contributed by atoms with E-state index >= 15 is 0 Å². The molecule has 2 aromatic rings. The lowest BCUT2D eigenvalue weighted by Crippen LogP contribution is -2.35. The van der Waals surface area contributed by atoms with Gasteiger partial charge in [0.1, 0.15) is 0 Å². The zero-order valence-electron chi connectivity index (χ0n) is 11.9. The number of rotatable bonds is 3. The van der Waals surface area contributed by atoms with Crippen molar-refractivity contribution in [3.63, 3.8) is 0 Å². The molecule has 0 saturated carbocycles. The SMILES string of the molecule is CC(C)Cc1c(C(F)(F)C(F)(F)F)nnn1C(=O)n1ccnn1. The number of aromatic nitrogens is 6. The van der Waals surface area contributed by atoms with Gasteiger partial charge in [-0.1, -0.05) is 24.3 Å². The van der Waals surface area contributed by atoms with Gasteiger partial charge in [0.2, 0.25) is 0 Å². The molecular weight excluding hydrogens is 327 g/mol. The minimum absolute atomic E-state index is 0.256. The maximum Gasteiger partial charge on any atom is 0.459 e. The van der Waals surface area contributed by atoms with E-state index in [1.165, 1.54) is 0 Å². The van der Waals surface area contributed by atoms with E-state index in [0.717, 1.165) is 12.4 Å².